The Labute approximate surface area is 192 Å². The van der Waals surface area contributed by atoms with Gasteiger partial charge in [0.2, 0.25) is 0 Å². The predicted octanol–water partition coefficient (Wildman–Crippen LogP) is 7.72. The van der Waals surface area contributed by atoms with Gasteiger partial charge in [0.25, 0.3) is 0 Å². The number of aromatic nitrogens is 2. The molecule has 0 unspecified atom stereocenters. The number of ether oxygens (including phenoxy) is 1. The minimum Gasteiger partial charge on any atom is -0.497 e. The van der Waals surface area contributed by atoms with Crippen LogP contribution in [0.1, 0.15) is 18.3 Å². The van der Waals surface area contributed by atoms with Crippen molar-refractivity contribution in [2.45, 2.75) is 13.5 Å². The lowest BCUT2D eigenvalue weighted by molar-refractivity contribution is 0.415. The maximum absolute atomic E-state index is 6.37. The molecule has 0 aliphatic carbocycles. The Morgan fingerprint density at radius 3 is 2.19 bits per heavy atom. The van der Waals surface area contributed by atoms with Crippen molar-refractivity contribution in [1.82, 2.24) is 9.55 Å². The summed E-state index contributed by atoms with van der Waals surface area (Å²) in [4.78, 5) is 4.78. The van der Waals surface area contributed by atoms with Crippen molar-refractivity contribution in [1.29, 1.82) is 0 Å². The molecule has 4 aromatic rings. The van der Waals surface area contributed by atoms with E-state index >= 15 is 0 Å². The molecular formula is C26H22Cl2N2O. The van der Waals surface area contributed by atoms with Gasteiger partial charge in [0.15, 0.2) is 0 Å². The molecule has 1 aromatic heterocycles. The van der Waals surface area contributed by atoms with E-state index in [1.165, 1.54) is 0 Å². The molecule has 5 heteroatoms. The fraction of sp³-hybridized carbons (Fsp3) is 0.115. The topological polar surface area (TPSA) is 27.1 Å². The number of nitrogens with zero attached hydrogens (tertiary/aromatic N) is 2. The highest BCUT2D eigenvalue weighted by Gasteiger charge is 2.10. The van der Waals surface area contributed by atoms with E-state index in [0.717, 1.165) is 46.1 Å². The summed E-state index contributed by atoms with van der Waals surface area (Å²) in [5, 5.41) is 1.21. The Kier molecular flexibility index (Phi) is 6.45. The molecule has 0 aliphatic rings. The van der Waals surface area contributed by atoms with Crippen LogP contribution in [0.2, 0.25) is 10.0 Å². The molecular weight excluding hydrogens is 427 g/mol. The van der Waals surface area contributed by atoms with E-state index in [9.17, 15) is 0 Å². The smallest absolute Gasteiger partial charge is 0.133 e. The fourth-order valence-electron chi connectivity index (χ4n) is 3.38. The van der Waals surface area contributed by atoms with Crippen LogP contribution in [-0.2, 0) is 6.54 Å². The lowest BCUT2D eigenvalue weighted by Gasteiger charge is -2.04. The number of halogens is 2. The summed E-state index contributed by atoms with van der Waals surface area (Å²) in [6.07, 6.45) is 6.11. The van der Waals surface area contributed by atoms with Gasteiger partial charge in [0.1, 0.15) is 11.6 Å². The Morgan fingerprint density at radius 1 is 0.903 bits per heavy atom. The number of imidazole rings is 1. The minimum atomic E-state index is 0.595. The second kappa shape index (κ2) is 9.42. The zero-order valence-corrected chi connectivity index (χ0v) is 18.9. The SMILES string of the molecule is CCn1cc(-c2ccc(Cl)cc2Cl)nc1/C=C/c1ccc(-c2ccc(OC)cc2)cc1. The molecule has 0 atom stereocenters. The molecule has 0 radical (unpaired) electrons. The van der Waals surface area contributed by atoms with Crippen LogP contribution in [0.3, 0.4) is 0 Å². The van der Waals surface area contributed by atoms with Crippen LogP contribution in [0.5, 0.6) is 5.75 Å². The van der Waals surface area contributed by atoms with Crippen LogP contribution in [0.15, 0.2) is 72.9 Å². The summed E-state index contributed by atoms with van der Waals surface area (Å²) >= 11 is 12.4. The van der Waals surface area contributed by atoms with Gasteiger partial charge < -0.3 is 9.30 Å². The van der Waals surface area contributed by atoms with Crippen LogP contribution in [0.25, 0.3) is 34.5 Å². The van der Waals surface area contributed by atoms with E-state index in [2.05, 4.69) is 54.0 Å². The molecule has 0 saturated heterocycles. The van der Waals surface area contributed by atoms with E-state index in [-0.39, 0.29) is 0 Å². The van der Waals surface area contributed by atoms with Crippen molar-refractivity contribution >= 4 is 35.4 Å². The van der Waals surface area contributed by atoms with Crippen molar-refractivity contribution in [3.63, 3.8) is 0 Å². The molecule has 0 aliphatic heterocycles. The Hall–Kier alpha value is -3.01. The van der Waals surface area contributed by atoms with E-state index in [4.69, 9.17) is 32.9 Å². The highest BCUT2D eigenvalue weighted by molar-refractivity contribution is 6.36. The number of rotatable bonds is 6. The molecule has 0 saturated carbocycles. The van der Waals surface area contributed by atoms with Crippen molar-refractivity contribution in [3.8, 4) is 28.1 Å². The summed E-state index contributed by atoms with van der Waals surface area (Å²) in [5.74, 6) is 1.73. The molecule has 0 fully saturated rings. The Morgan fingerprint density at radius 2 is 1.58 bits per heavy atom. The Balaban J connectivity index is 1.55. The molecule has 3 nitrogen and oxygen atoms in total. The molecule has 0 N–H and O–H groups in total. The van der Waals surface area contributed by atoms with Gasteiger partial charge in [-0.05, 0) is 60.0 Å². The third-order valence-electron chi connectivity index (χ3n) is 5.11. The van der Waals surface area contributed by atoms with Crippen LogP contribution >= 0.6 is 23.2 Å². The summed E-state index contributed by atoms with van der Waals surface area (Å²) in [6.45, 7) is 2.91. The van der Waals surface area contributed by atoms with E-state index in [1.807, 2.05) is 36.5 Å². The van der Waals surface area contributed by atoms with Gasteiger partial charge in [-0.3, -0.25) is 0 Å². The molecule has 0 amide bonds. The summed E-state index contributed by atoms with van der Waals surface area (Å²) in [5.41, 5.74) is 5.13. The van der Waals surface area contributed by atoms with Crippen molar-refractivity contribution in [3.05, 3.63) is 94.4 Å². The van der Waals surface area contributed by atoms with Gasteiger partial charge in [-0.2, -0.15) is 0 Å². The van der Waals surface area contributed by atoms with E-state index < -0.39 is 0 Å². The largest absolute Gasteiger partial charge is 0.497 e. The fourth-order valence-corrected chi connectivity index (χ4v) is 3.89. The average Bonchev–Trinajstić information content (AvgIpc) is 3.21. The highest BCUT2D eigenvalue weighted by Crippen LogP contribution is 2.30. The Bertz CT molecular complexity index is 1210. The average molecular weight is 449 g/mol. The number of benzene rings is 3. The van der Waals surface area contributed by atoms with Crippen molar-refractivity contribution < 1.29 is 4.74 Å². The van der Waals surface area contributed by atoms with Crippen LogP contribution in [0.4, 0.5) is 0 Å². The van der Waals surface area contributed by atoms with Crippen LogP contribution in [0, 0.1) is 0 Å². The van der Waals surface area contributed by atoms with Gasteiger partial charge in [-0.15, -0.1) is 0 Å². The predicted molar refractivity (Wildman–Crippen MR) is 131 cm³/mol. The molecule has 4 rings (SSSR count). The van der Waals surface area contributed by atoms with Crippen molar-refractivity contribution in [2.24, 2.45) is 0 Å². The molecule has 156 valence electrons. The van der Waals surface area contributed by atoms with E-state index in [0.29, 0.717) is 10.0 Å². The third-order valence-corrected chi connectivity index (χ3v) is 5.66. The molecule has 3 aromatic carbocycles. The van der Waals surface area contributed by atoms with E-state index in [1.54, 1.807) is 13.2 Å². The quantitative estimate of drug-likeness (QED) is 0.301. The summed E-state index contributed by atoms with van der Waals surface area (Å²) in [7, 11) is 1.67. The number of hydrogen-bond donors (Lipinski definition) is 0. The molecule has 31 heavy (non-hydrogen) atoms. The van der Waals surface area contributed by atoms with Gasteiger partial charge in [0, 0.05) is 23.3 Å². The first-order valence-corrected chi connectivity index (χ1v) is 10.8. The van der Waals surface area contributed by atoms with Gasteiger partial charge in [-0.25, -0.2) is 4.98 Å². The maximum atomic E-state index is 6.37. The highest BCUT2D eigenvalue weighted by atomic mass is 35.5. The zero-order chi connectivity index (χ0) is 21.8. The zero-order valence-electron chi connectivity index (χ0n) is 17.3. The lowest BCUT2D eigenvalue weighted by atomic mass is 10.0. The minimum absolute atomic E-state index is 0.595. The summed E-state index contributed by atoms with van der Waals surface area (Å²) < 4.78 is 7.33. The molecule has 1 heterocycles. The third kappa shape index (κ3) is 4.84. The normalized spacial score (nSPS) is 11.2. The van der Waals surface area contributed by atoms with Crippen molar-refractivity contribution in [2.75, 3.05) is 7.11 Å². The summed E-state index contributed by atoms with van der Waals surface area (Å²) in [6, 6.07) is 22.0. The van der Waals surface area contributed by atoms with Gasteiger partial charge in [0.05, 0.1) is 17.8 Å². The van der Waals surface area contributed by atoms with Crippen LogP contribution in [-0.4, -0.2) is 16.7 Å². The number of aryl methyl sites for hydroxylation is 1. The number of methoxy groups -OCH3 is 1. The van der Waals surface area contributed by atoms with Gasteiger partial charge in [-0.1, -0.05) is 65.7 Å². The van der Waals surface area contributed by atoms with Crippen LogP contribution < -0.4 is 4.74 Å². The number of hydrogen-bond acceptors (Lipinski definition) is 2. The molecule has 0 spiro atoms. The first-order valence-electron chi connectivity index (χ1n) is 10.0. The first-order chi connectivity index (χ1) is 15.1. The maximum Gasteiger partial charge on any atom is 0.133 e. The second-order valence-corrected chi connectivity index (χ2v) is 7.92. The molecule has 0 bridgehead atoms. The first kappa shape index (κ1) is 21.2. The monoisotopic (exact) mass is 448 g/mol. The lowest BCUT2D eigenvalue weighted by Crippen LogP contribution is -1.94. The standard InChI is InChI=1S/C26H22Cl2N2O/c1-3-30-17-25(23-14-11-21(27)16-24(23)28)29-26(30)15-6-18-4-7-19(8-5-18)20-9-12-22(31-2)13-10-20/h4-17H,3H2,1-2H3/b15-6+. The van der Waals surface area contributed by atoms with Gasteiger partial charge >= 0.3 is 0 Å². The second-order valence-electron chi connectivity index (χ2n) is 7.08.